The SMILES string of the molecule is Oc1cncc2cc(Br)sc12. The van der Waals surface area contributed by atoms with E-state index in [2.05, 4.69) is 20.9 Å². The molecule has 0 bridgehead atoms. The zero-order valence-corrected chi connectivity index (χ0v) is 7.82. The minimum absolute atomic E-state index is 0.248. The monoisotopic (exact) mass is 229 g/mol. The van der Waals surface area contributed by atoms with E-state index in [9.17, 15) is 5.11 Å². The summed E-state index contributed by atoms with van der Waals surface area (Å²) in [6.45, 7) is 0. The summed E-state index contributed by atoms with van der Waals surface area (Å²) in [6, 6.07) is 1.94. The first-order valence-electron chi connectivity index (χ1n) is 2.99. The molecule has 2 aromatic rings. The third-order valence-corrected chi connectivity index (χ3v) is 3.05. The molecule has 4 heteroatoms. The molecule has 11 heavy (non-hydrogen) atoms. The number of pyridine rings is 1. The fraction of sp³-hybridized carbons (Fsp3) is 0. The molecule has 2 aromatic heterocycles. The summed E-state index contributed by atoms with van der Waals surface area (Å²) >= 11 is 4.84. The van der Waals surface area contributed by atoms with Crippen LogP contribution in [0.4, 0.5) is 0 Å². The maximum absolute atomic E-state index is 9.31. The molecule has 0 radical (unpaired) electrons. The van der Waals surface area contributed by atoms with Crippen LogP contribution in [0.1, 0.15) is 0 Å². The van der Waals surface area contributed by atoms with Gasteiger partial charge in [0.25, 0.3) is 0 Å². The number of aromatic nitrogens is 1. The first-order valence-corrected chi connectivity index (χ1v) is 4.60. The number of nitrogens with zero attached hydrogens (tertiary/aromatic N) is 1. The number of hydrogen-bond acceptors (Lipinski definition) is 3. The van der Waals surface area contributed by atoms with Crippen LogP contribution >= 0.6 is 27.3 Å². The molecule has 0 aliphatic carbocycles. The minimum Gasteiger partial charge on any atom is -0.505 e. The van der Waals surface area contributed by atoms with Crippen LogP contribution in [0, 0.1) is 0 Å². The van der Waals surface area contributed by atoms with Gasteiger partial charge in [0.05, 0.1) is 14.7 Å². The molecule has 2 rings (SSSR count). The highest BCUT2D eigenvalue weighted by Gasteiger charge is 2.02. The van der Waals surface area contributed by atoms with Crippen molar-refractivity contribution in [2.75, 3.05) is 0 Å². The molecule has 0 saturated heterocycles. The minimum atomic E-state index is 0.248. The van der Waals surface area contributed by atoms with Crippen molar-refractivity contribution in [2.45, 2.75) is 0 Å². The highest BCUT2D eigenvalue weighted by Crippen LogP contribution is 2.34. The topological polar surface area (TPSA) is 33.1 Å². The lowest BCUT2D eigenvalue weighted by Crippen LogP contribution is -1.68. The quantitative estimate of drug-likeness (QED) is 0.754. The van der Waals surface area contributed by atoms with Crippen LogP contribution < -0.4 is 0 Å². The smallest absolute Gasteiger partial charge is 0.151 e. The van der Waals surface area contributed by atoms with E-state index in [-0.39, 0.29) is 5.75 Å². The standard InChI is InChI=1S/C7H4BrNOS/c8-6-1-4-2-9-3-5(10)7(4)11-6/h1-3,10H. The number of aromatic hydroxyl groups is 1. The Kier molecular flexibility index (Phi) is 1.58. The zero-order valence-electron chi connectivity index (χ0n) is 5.41. The predicted octanol–water partition coefficient (Wildman–Crippen LogP) is 2.76. The molecular formula is C7H4BrNOS. The van der Waals surface area contributed by atoms with Crippen molar-refractivity contribution in [1.29, 1.82) is 0 Å². The summed E-state index contributed by atoms with van der Waals surface area (Å²) in [5.41, 5.74) is 0. The van der Waals surface area contributed by atoms with Crippen LogP contribution in [0.15, 0.2) is 22.2 Å². The summed E-state index contributed by atoms with van der Waals surface area (Å²) in [6.07, 6.45) is 3.18. The lowest BCUT2D eigenvalue weighted by Gasteiger charge is -1.89. The zero-order chi connectivity index (χ0) is 7.84. The van der Waals surface area contributed by atoms with Gasteiger partial charge in [0.1, 0.15) is 0 Å². The number of rotatable bonds is 0. The first kappa shape index (κ1) is 7.06. The molecule has 2 nitrogen and oxygen atoms in total. The first-order chi connectivity index (χ1) is 5.27. The predicted molar refractivity (Wildman–Crippen MR) is 49.0 cm³/mol. The van der Waals surface area contributed by atoms with Crippen LogP contribution in [0.2, 0.25) is 0 Å². The highest BCUT2D eigenvalue weighted by atomic mass is 79.9. The van der Waals surface area contributed by atoms with Crippen molar-refractivity contribution in [3.05, 3.63) is 22.2 Å². The van der Waals surface area contributed by atoms with E-state index >= 15 is 0 Å². The average molecular weight is 230 g/mol. The van der Waals surface area contributed by atoms with Gasteiger partial charge in [0, 0.05) is 11.6 Å². The second-order valence-corrected chi connectivity index (χ2v) is 4.56. The van der Waals surface area contributed by atoms with Crippen LogP contribution in [-0.2, 0) is 0 Å². The lowest BCUT2D eigenvalue weighted by atomic mass is 10.3. The summed E-state index contributed by atoms with van der Waals surface area (Å²) in [5, 5.41) is 10.3. The highest BCUT2D eigenvalue weighted by molar-refractivity contribution is 9.11. The van der Waals surface area contributed by atoms with E-state index in [1.54, 1.807) is 6.20 Å². The van der Waals surface area contributed by atoms with Gasteiger partial charge in [0.2, 0.25) is 0 Å². The molecule has 0 aliphatic heterocycles. The Bertz CT molecular complexity index is 398. The second kappa shape index (κ2) is 2.46. The van der Waals surface area contributed by atoms with Gasteiger partial charge >= 0.3 is 0 Å². The molecule has 0 spiro atoms. The second-order valence-electron chi connectivity index (χ2n) is 2.13. The molecule has 1 N–H and O–H groups in total. The molecule has 0 amide bonds. The Labute approximate surface area is 75.6 Å². The van der Waals surface area contributed by atoms with E-state index in [4.69, 9.17) is 0 Å². The third kappa shape index (κ3) is 1.12. The molecule has 0 fully saturated rings. The van der Waals surface area contributed by atoms with E-state index in [1.807, 2.05) is 6.07 Å². The van der Waals surface area contributed by atoms with Gasteiger partial charge in [-0.2, -0.15) is 0 Å². The van der Waals surface area contributed by atoms with Gasteiger partial charge in [-0.15, -0.1) is 11.3 Å². The molecule has 0 atom stereocenters. The maximum atomic E-state index is 9.31. The van der Waals surface area contributed by atoms with Crippen molar-refractivity contribution in [3.63, 3.8) is 0 Å². The normalized spacial score (nSPS) is 10.6. The van der Waals surface area contributed by atoms with Gasteiger partial charge in [-0.25, -0.2) is 0 Å². The molecule has 2 heterocycles. The Balaban J connectivity index is 2.90. The number of thiophene rings is 1. The number of fused-ring (bicyclic) bond motifs is 1. The summed E-state index contributed by atoms with van der Waals surface area (Å²) in [7, 11) is 0. The largest absolute Gasteiger partial charge is 0.505 e. The Morgan fingerprint density at radius 1 is 1.45 bits per heavy atom. The van der Waals surface area contributed by atoms with Crippen LogP contribution in [-0.4, -0.2) is 10.1 Å². The van der Waals surface area contributed by atoms with Crippen LogP contribution in [0.3, 0.4) is 0 Å². The van der Waals surface area contributed by atoms with Crippen molar-refractivity contribution in [1.82, 2.24) is 4.98 Å². The lowest BCUT2D eigenvalue weighted by molar-refractivity contribution is 0.480. The van der Waals surface area contributed by atoms with E-state index < -0.39 is 0 Å². The summed E-state index contributed by atoms with van der Waals surface area (Å²) in [4.78, 5) is 3.86. The fourth-order valence-corrected chi connectivity index (χ4v) is 2.42. The Morgan fingerprint density at radius 2 is 2.27 bits per heavy atom. The van der Waals surface area contributed by atoms with Gasteiger partial charge < -0.3 is 5.11 Å². The van der Waals surface area contributed by atoms with Crippen molar-refractivity contribution >= 4 is 37.4 Å². The molecule has 0 aromatic carbocycles. The third-order valence-electron chi connectivity index (χ3n) is 1.37. The molecule has 0 aliphatic rings. The van der Waals surface area contributed by atoms with Gasteiger partial charge in [0.15, 0.2) is 5.75 Å². The van der Waals surface area contributed by atoms with Crippen LogP contribution in [0.5, 0.6) is 5.75 Å². The van der Waals surface area contributed by atoms with Gasteiger partial charge in [-0.3, -0.25) is 4.98 Å². The number of halogens is 1. The summed E-state index contributed by atoms with van der Waals surface area (Å²) in [5.74, 6) is 0.248. The molecular weight excluding hydrogens is 226 g/mol. The average Bonchev–Trinajstić information content (AvgIpc) is 2.31. The molecule has 0 unspecified atom stereocenters. The van der Waals surface area contributed by atoms with Gasteiger partial charge in [-0.05, 0) is 22.0 Å². The summed E-state index contributed by atoms with van der Waals surface area (Å²) < 4.78 is 1.89. The van der Waals surface area contributed by atoms with Crippen molar-refractivity contribution in [2.24, 2.45) is 0 Å². The Morgan fingerprint density at radius 3 is 3.00 bits per heavy atom. The van der Waals surface area contributed by atoms with Crippen LogP contribution in [0.25, 0.3) is 10.1 Å². The van der Waals surface area contributed by atoms with E-state index in [0.29, 0.717) is 0 Å². The number of hydrogen-bond donors (Lipinski definition) is 1. The maximum Gasteiger partial charge on any atom is 0.151 e. The van der Waals surface area contributed by atoms with Crippen molar-refractivity contribution in [3.8, 4) is 5.75 Å². The molecule has 0 saturated carbocycles. The van der Waals surface area contributed by atoms with E-state index in [1.165, 1.54) is 17.5 Å². The van der Waals surface area contributed by atoms with E-state index in [0.717, 1.165) is 13.9 Å². The van der Waals surface area contributed by atoms with Gasteiger partial charge in [-0.1, -0.05) is 0 Å². The Hall–Kier alpha value is -0.610. The molecule has 56 valence electrons. The fourth-order valence-electron chi connectivity index (χ4n) is 0.917. The van der Waals surface area contributed by atoms with Crippen molar-refractivity contribution < 1.29 is 5.11 Å².